The van der Waals surface area contributed by atoms with Crippen LogP contribution in [0.1, 0.15) is 46.1 Å². The molecule has 7 nitrogen and oxygen atoms in total. The minimum absolute atomic E-state index is 0.00889. The molecule has 0 unspecified atom stereocenters. The molecular weight excluding hydrogens is 428 g/mol. The number of hydrogen-bond acceptors (Lipinski definition) is 4. The third-order valence-corrected chi connectivity index (χ3v) is 6.93. The largest absolute Gasteiger partial charge is 0.379 e. The van der Waals surface area contributed by atoms with E-state index in [1.165, 1.54) is 0 Å². The van der Waals surface area contributed by atoms with Crippen molar-refractivity contribution in [2.75, 3.05) is 45.9 Å². The molecule has 0 spiro atoms. The number of morpholine rings is 1. The minimum Gasteiger partial charge on any atom is -0.379 e. The van der Waals surface area contributed by atoms with Crippen LogP contribution >= 0.6 is 0 Å². The molecule has 3 aromatic rings. The molecule has 2 aliphatic heterocycles. The predicted molar refractivity (Wildman–Crippen MR) is 132 cm³/mol. The number of amides is 2. The van der Waals surface area contributed by atoms with E-state index in [-0.39, 0.29) is 24.3 Å². The lowest BCUT2D eigenvalue weighted by atomic mass is 9.95. The third kappa shape index (κ3) is 4.45. The van der Waals surface area contributed by atoms with E-state index >= 15 is 0 Å². The highest BCUT2D eigenvalue weighted by Crippen LogP contribution is 2.42. The number of carbonyl (C=O) groups is 2. The number of aryl methyl sites for hydroxylation is 1. The molecule has 2 amide bonds. The number of aromatic nitrogens is 1. The van der Waals surface area contributed by atoms with E-state index in [1.54, 1.807) is 0 Å². The summed E-state index contributed by atoms with van der Waals surface area (Å²) in [6, 6.07) is 15.8. The molecule has 2 aromatic carbocycles. The molecule has 0 radical (unpaired) electrons. The Hall–Kier alpha value is -3.16. The maximum atomic E-state index is 13.4. The first-order valence-electron chi connectivity index (χ1n) is 12.2. The summed E-state index contributed by atoms with van der Waals surface area (Å²) in [5.74, 6) is -0.0227. The summed E-state index contributed by atoms with van der Waals surface area (Å²) >= 11 is 0. The molecule has 2 N–H and O–H groups in total. The second-order valence-electron chi connectivity index (χ2n) is 9.11. The number of fused-ring (bicyclic) bond motifs is 2. The lowest BCUT2D eigenvalue weighted by Crippen LogP contribution is -2.38. The number of para-hydroxylation sites is 1. The highest BCUT2D eigenvalue weighted by Gasteiger charge is 2.39. The monoisotopic (exact) mass is 460 g/mol. The van der Waals surface area contributed by atoms with Crippen molar-refractivity contribution >= 4 is 22.7 Å². The maximum Gasteiger partial charge on any atom is 0.255 e. The highest BCUT2D eigenvalue weighted by atomic mass is 16.5. The Morgan fingerprint density at radius 2 is 1.85 bits per heavy atom. The molecule has 5 rings (SSSR count). The summed E-state index contributed by atoms with van der Waals surface area (Å²) in [7, 11) is 0. The Labute approximate surface area is 200 Å². The number of aromatic amines is 1. The van der Waals surface area contributed by atoms with Crippen molar-refractivity contribution in [2.24, 2.45) is 0 Å². The van der Waals surface area contributed by atoms with Gasteiger partial charge in [0, 0.05) is 60.3 Å². The normalized spacial score (nSPS) is 18.4. The number of rotatable bonds is 8. The first-order chi connectivity index (χ1) is 16.6. The standard InChI is InChI=1S/C27H32N4O3/c1-19-25(22-9-4-5-10-23(22)29-19)26-20-7-2-3-8-21(20)27(33)31(26)14-11-24(32)28-12-6-13-30-15-17-34-18-16-30/h2-5,7-10,26,29H,6,11-18H2,1H3,(H,28,32)/t26-/m1/s1. The Bertz CT molecular complexity index is 1180. The van der Waals surface area contributed by atoms with Crippen molar-refractivity contribution in [1.29, 1.82) is 0 Å². The van der Waals surface area contributed by atoms with Crippen molar-refractivity contribution < 1.29 is 14.3 Å². The number of nitrogens with zero attached hydrogens (tertiary/aromatic N) is 2. The predicted octanol–water partition coefficient (Wildman–Crippen LogP) is 3.25. The van der Waals surface area contributed by atoms with Gasteiger partial charge in [0.1, 0.15) is 0 Å². The van der Waals surface area contributed by atoms with Crippen LogP contribution in [-0.2, 0) is 9.53 Å². The van der Waals surface area contributed by atoms with E-state index in [1.807, 2.05) is 41.3 Å². The van der Waals surface area contributed by atoms with Crippen molar-refractivity contribution in [3.8, 4) is 0 Å². The van der Waals surface area contributed by atoms with Crippen LogP contribution in [-0.4, -0.2) is 72.5 Å². The van der Waals surface area contributed by atoms with E-state index in [4.69, 9.17) is 4.74 Å². The quantitative estimate of drug-likeness (QED) is 0.506. The molecule has 1 saturated heterocycles. The van der Waals surface area contributed by atoms with Crippen LogP contribution in [0.4, 0.5) is 0 Å². The van der Waals surface area contributed by atoms with Gasteiger partial charge in [-0.05, 0) is 37.6 Å². The molecule has 1 aromatic heterocycles. The molecular formula is C27H32N4O3. The lowest BCUT2D eigenvalue weighted by molar-refractivity contribution is -0.121. The van der Waals surface area contributed by atoms with E-state index in [0.717, 1.165) is 72.6 Å². The fraction of sp³-hybridized carbons (Fsp3) is 0.407. The highest BCUT2D eigenvalue weighted by molar-refractivity contribution is 6.01. The van der Waals surface area contributed by atoms with Gasteiger partial charge in [-0.3, -0.25) is 14.5 Å². The number of hydrogen-bond donors (Lipinski definition) is 2. The molecule has 3 heterocycles. The van der Waals surface area contributed by atoms with Crippen LogP contribution in [0.3, 0.4) is 0 Å². The van der Waals surface area contributed by atoms with Crippen LogP contribution in [0.2, 0.25) is 0 Å². The van der Waals surface area contributed by atoms with Gasteiger partial charge in [-0.1, -0.05) is 36.4 Å². The van der Waals surface area contributed by atoms with E-state index in [2.05, 4.69) is 34.3 Å². The van der Waals surface area contributed by atoms with Gasteiger partial charge in [0.05, 0.1) is 19.3 Å². The van der Waals surface area contributed by atoms with E-state index in [9.17, 15) is 9.59 Å². The number of carbonyl (C=O) groups excluding carboxylic acids is 2. The second-order valence-corrected chi connectivity index (χ2v) is 9.11. The van der Waals surface area contributed by atoms with Crippen LogP contribution in [0.15, 0.2) is 48.5 Å². The zero-order chi connectivity index (χ0) is 23.5. The van der Waals surface area contributed by atoms with Crippen molar-refractivity contribution in [2.45, 2.75) is 25.8 Å². The zero-order valence-electron chi connectivity index (χ0n) is 19.7. The van der Waals surface area contributed by atoms with Crippen molar-refractivity contribution in [3.05, 3.63) is 70.9 Å². The lowest BCUT2D eigenvalue weighted by Gasteiger charge is -2.27. The van der Waals surface area contributed by atoms with Gasteiger partial charge in [0.15, 0.2) is 0 Å². The Morgan fingerprint density at radius 3 is 2.71 bits per heavy atom. The number of benzene rings is 2. The fourth-order valence-corrected chi connectivity index (χ4v) is 5.23. The Morgan fingerprint density at radius 1 is 1.09 bits per heavy atom. The van der Waals surface area contributed by atoms with Gasteiger partial charge in [-0.2, -0.15) is 0 Å². The SMILES string of the molecule is Cc1[nH]c2ccccc2c1[C@H]1c2ccccc2C(=O)N1CCC(=O)NCCCN1CCOCC1. The van der Waals surface area contributed by atoms with Crippen LogP contribution in [0.25, 0.3) is 10.9 Å². The maximum absolute atomic E-state index is 13.4. The fourth-order valence-electron chi connectivity index (χ4n) is 5.23. The average Bonchev–Trinajstić information content (AvgIpc) is 3.33. The summed E-state index contributed by atoms with van der Waals surface area (Å²) in [5, 5.41) is 4.15. The summed E-state index contributed by atoms with van der Waals surface area (Å²) < 4.78 is 5.38. The molecule has 2 aliphatic rings. The van der Waals surface area contributed by atoms with Gasteiger partial charge >= 0.3 is 0 Å². The molecule has 0 bridgehead atoms. The van der Waals surface area contributed by atoms with Gasteiger partial charge in [0.2, 0.25) is 5.91 Å². The minimum atomic E-state index is -0.200. The summed E-state index contributed by atoms with van der Waals surface area (Å²) in [6.07, 6.45) is 1.20. The van der Waals surface area contributed by atoms with Crippen LogP contribution in [0.5, 0.6) is 0 Å². The Kier molecular flexibility index (Phi) is 6.65. The Balaban J connectivity index is 1.27. The number of nitrogens with one attached hydrogen (secondary N) is 2. The zero-order valence-corrected chi connectivity index (χ0v) is 19.7. The topological polar surface area (TPSA) is 77.7 Å². The number of ether oxygens (including phenoxy) is 1. The van der Waals surface area contributed by atoms with Gasteiger partial charge in [-0.15, -0.1) is 0 Å². The smallest absolute Gasteiger partial charge is 0.255 e. The van der Waals surface area contributed by atoms with Crippen LogP contribution in [0, 0.1) is 6.92 Å². The first-order valence-corrected chi connectivity index (χ1v) is 12.2. The molecule has 0 aliphatic carbocycles. The number of H-pyrrole nitrogens is 1. The first kappa shape index (κ1) is 22.6. The average molecular weight is 461 g/mol. The third-order valence-electron chi connectivity index (χ3n) is 6.93. The molecule has 34 heavy (non-hydrogen) atoms. The van der Waals surface area contributed by atoms with E-state index in [0.29, 0.717) is 13.1 Å². The van der Waals surface area contributed by atoms with Crippen LogP contribution < -0.4 is 5.32 Å². The molecule has 1 atom stereocenters. The molecule has 0 saturated carbocycles. The summed E-state index contributed by atoms with van der Waals surface area (Å²) in [4.78, 5) is 33.7. The van der Waals surface area contributed by atoms with Gasteiger partial charge in [-0.25, -0.2) is 0 Å². The van der Waals surface area contributed by atoms with Crippen molar-refractivity contribution in [1.82, 2.24) is 20.1 Å². The summed E-state index contributed by atoms with van der Waals surface area (Å²) in [6.45, 7) is 7.54. The molecule has 7 heteroatoms. The van der Waals surface area contributed by atoms with Crippen molar-refractivity contribution in [3.63, 3.8) is 0 Å². The second kappa shape index (κ2) is 9.99. The van der Waals surface area contributed by atoms with E-state index < -0.39 is 0 Å². The van der Waals surface area contributed by atoms with Gasteiger partial charge < -0.3 is 19.9 Å². The van der Waals surface area contributed by atoms with Gasteiger partial charge in [0.25, 0.3) is 5.91 Å². The summed E-state index contributed by atoms with van der Waals surface area (Å²) in [5.41, 5.74) is 4.95. The molecule has 178 valence electrons. The molecule has 1 fully saturated rings.